The van der Waals surface area contributed by atoms with Crippen molar-refractivity contribution in [2.24, 2.45) is 0 Å². The normalized spacial score (nSPS) is 24.2. The Labute approximate surface area is 149 Å². The molecule has 0 aliphatic carbocycles. The molecule has 0 aromatic heterocycles. The second kappa shape index (κ2) is 7.09. The third-order valence-electron chi connectivity index (χ3n) is 4.73. The summed E-state index contributed by atoms with van der Waals surface area (Å²) in [5.41, 5.74) is 0.776. The van der Waals surface area contributed by atoms with Gasteiger partial charge in [0, 0.05) is 32.2 Å². The lowest BCUT2D eigenvalue weighted by Gasteiger charge is -2.37. The van der Waals surface area contributed by atoms with Gasteiger partial charge in [-0.05, 0) is 40.0 Å². The van der Waals surface area contributed by atoms with Crippen molar-refractivity contribution < 1.29 is 17.6 Å². The van der Waals surface area contributed by atoms with Crippen LogP contribution in [0.15, 0.2) is 22.7 Å². The Morgan fingerprint density at radius 2 is 1.96 bits per heavy atom. The first-order chi connectivity index (χ1) is 11.3. The maximum Gasteiger partial charge on any atom is 0.227 e. The fourth-order valence-corrected chi connectivity index (χ4v) is 5.52. The average molecular weight is 419 g/mol. The molecule has 0 N–H and O–H groups in total. The summed E-state index contributed by atoms with van der Waals surface area (Å²) in [5, 5.41) is 0. The molecular weight excluding hydrogens is 399 g/mol. The molecule has 0 radical (unpaired) electrons. The van der Waals surface area contributed by atoms with Gasteiger partial charge in [-0.2, -0.15) is 0 Å². The molecule has 0 spiro atoms. The van der Waals surface area contributed by atoms with E-state index >= 15 is 0 Å². The monoisotopic (exact) mass is 418 g/mol. The Hall–Kier alpha value is -0.990. The lowest BCUT2D eigenvalue weighted by molar-refractivity contribution is -0.132. The minimum Gasteiger partial charge on any atom is -0.340 e. The molecule has 8 heteroatoms. The van der Waals surface area contributed by atoms with Crippen molar-refractivity contribution in [2.45, 2.75) is 18.9 Å². The summed E-state index contributed by atoms with van der Waals surface area (Å²) in [7, 11) is -2.88. The van der Waals surface area contributed by atoms with Crippen LogP contribution in [0.4, 0.5) is 4.39 Å². The fraction of sp³-hybridized carbons (Fsp3) is 0.562. The van der Waals surface area contributed by atoms with Gasteiger partial charge in [-0.15, -0.1) is 0 Å². The average Bonchev–Trinajstić information content (AvgIpc) is 2.91. The first kappa shape index (κ1) is 17.8. The van der Waals surface area contributed by atoms with Gasteiger partial charge in [-0.1, -0.05) is 6.07 Å². The number of hydrogen-bond donors (Lipinski definition) is 0. The van der Waals surface area contributed by atoms with Crippen molar-refractivity contribution in [1.29, 1.82) is 0 Å². The molecular formula is C16H20BrFN2O3S. The number of benzene rings is 1. The Morgan fingerprint density at radius 3 is 2.54 bits per heavy atom. The highest BCUT2D eigenvalue weighted by Crippen LogP contribution is 2.20. The van der Waals surface area contributed by atoms with Crippen LogP contribution in [0, 0.1) is 5.82 Å². The van der Waals surface area contributed by atoms with E-state index in [1.165, 1.54) is 6.07 Å². The van der Waals surface area contributed by atoms with E-state index < -0.39 is 9.84 Å². The molecule has 0 saturated carbocycles. The number of halogens is 2. The van der Waals surface area contributed by atoms with Crippen LogP contribution < -0.4 is 0 Å². The first-order valence-electron chi connectivity index (χ1n) is 8.00. The predicted molar refractivity (Wildman–Crippen MR) is 93.0 cm³/mol. The van der Waals surface area contributed by atoms with Crippen LogP contribution in [0.3, 0.4) is 0 Å². The van der Waals surface area contributed by atoms with E-state index in [1.807, 2.05) is 0 Å². The van der Waals surface area contributed by atoms with Gasteiger partial charge in [0.05, 0.1) is 22.4 Å². The van der Waals surface area contributed by atoms with Gasteiger partial charge < -0.3 is 4.90 Å². The quantitative estimate of drug-likeness (QED) is 0.745. The summed E-state index contributed by atoms with van der Waals surface area (Å²) in [4.78, 5) is 16.4. The van der Waals surface area contributed by atoms with E-state index in [-0.39, 0.29) is 35.7 Å². The third kappa shape index (κ3) is 4.15. The summed E-state index contributed by atoms with van der Waals surface area (Å²) in [5.74, 6) is 0.194. The zero-order valence-corrected chi connectivity index (χ0v) is 15.7. The summed E-state index contributed by atoms with van der Waals surface area (Å²) in [6.07, 6.45) is 0.941. The van der Waals surface area contributed by atoms with Crippen molar-refractivity contribution in [2.75, 3.05) is 37.7 Å². The van der Waals surface area contributed by atoms with Crippen molar-refractivity contribution in [3.8, 4) is 0 Å². The van der Waals surface area contributed by atoms with Crippen LogP contribution >= 0.6 is 15.9 Å². The van der Waals surface area contributed by atoms with Gasteiger partial charge in [0.2, 0.25) is 5.91 Å². The largest absolute Gasteiger partial charge is 0.340 e. The second-order valence-electron chi connectivity index (χ2n) is 6.40. The minimum absolute atomic E-state index is 0.0206. The zero-order chi connectivity index (χ0) is 17.3. The van der Waals surface area contributed by atoms with Crippen molar-refractivity contribution in [3.63, 3.8) is 0 Å². The summed E-state index contributed by atoms with van der Waals surface area (Å²) in [6.45, 7) is 2.63. The van der Waals surface area contributed by atoms with Crippen molar-refractivity contribution in [1.82, 2.24) is 9.80 Å². The van der Waals surface area contributed by atoms with E-state index in [0.29, 0.717) is 37.1 Å². The third-order valence-corrected chi connectivity index (χ3v) is 7.09. The minimum atomic E-state index is -2.88. The van der Waals surface area contributed by atoms with Gasteiger partial charge in [0.15, 0.2) is 9.84 Å². The fourth-order valence-electron chi connectivity index (χ4n) is 3.34. The number of nitrogens with zero attached hydrogens (tertiary/aromatic N) is 2. The van der Waals surface area contributed by atoms with E-state index in [1.54, 1.807) is 17.0 Å². The number of rotatable bonds is 3. The van der Waals surface area contributed by atoms with Crippen LogP contribution in [0.2, 0.25) is 0 Å². The number of sulfone groups is 1. The molecule has 0 bridgehead atoms. The van der Waals surface area contributed by atoms with Crippen LogP contribution in [-0.2, 0) is 21.1 Å². The molecule has 2 saturated heterocycles. The maximum atomic E-state index is 13.2. The molecule has 1 aromatic carbocycles. The van der Waals surface area contributed by atoms with Crippen molar-refractivity contribution in [3.05, 3.63) is 34.1 Å². The Balaban J connectivity index is 1.52. The number of piperazine rings is 1. The molecule has 1 aromatic rings. The smallest absolute Gasteiger partial charge is 0.227 e. The molecule has 5 nitrogen and oxygen atoms in total. The van der Waals surface area contributed by atoms with Gasteiger partial charge in [0.25, 0.3) is 0 Å². The maximum absolute atomic E-state index is 13.2. The molecule has 2 fully saturated rings. The van der Waals surface area contributed by atoms with Crippen LogP contribution in [0.5, 0.6) is 0 Å². The van der Waals surface area contributed by atoms with Gasteiger partial charge in [0.1, 0.15) is 5.82 Å². The highest BCUT2D eigenvalue weighted by molar-refractivity contribution is 9.10. The first-order valence-corrected chi connectivity index (χ1v) is 10.6. The molecule has 24 heavy (non-hydrogen) atoms. The Bertz CT molecular complexity index is 733. The lowest BCUT2D eigenvalue weighted by Crippen LogP contribution is -2.52. The zero-order valence-electron chi connectivity index (χ0n) is 13.2. The highest BCUT2D eigenvalue weighted by Gasteiger charge is 2.34. The molecule has 2 aliphatic heterocycles. The molecule has 1 atom stereocenters. The molecule has 2 aliphatic rings. The van der Waals surface area contributed by atoms with Gasteiger partial charge in [-0.3, -0.25) is 9.69 Å². The Morgan fingerprint density at radius 1 is 1.25 bits per heavy atom. The van der Waals surface area contributed by atoms with Crippen LogP contribution in [0.1, 0.15) is 12.0 Å². The summed E-state index contributed by atoms with van der Waals surface area (Å²) < 4.78 is 36.8. The van der Waals surface area contributed by atoms with E-state index in [4.69, 9.17) is 0 Å². The highest BCUT2D eigenvalue weighted by atomic mass is 79.9. The standard InChI is InChI=1S/C16H20BrFN2O3S/c17-14-9-12(1-2-15(14)18)10-16(21)20-6-4-19(5-7-20)13-3-8-24(22,23)11-13/h1-2,9,13H,3-8,10-11H2. The van der Waals surface area contributed by atoms with Gasteiger partial charge >= 0.3 is 0 Å². The van der Waals surface area contributed by atoms with E-state index in [0.717, 1.165) is 5.56 Å². The van der Waals surface area contributed by atoms with Crippen LogP contribution in [0.25, 0.3) is 0 Å². The van der Waals surface area contributed by atoms with Crippen LogP contribution in [-0.4, -0.2) is 67.9 Å². The number of amides is 1. The molecule has 2 heterocycles. The topological polar surface area (TPSA) is 57.7 Å². The lowest BCUT2D eigenvalue weighted by atomic mass is 10.1. The molecule has 1 amide bonds. The van der Waals surface area contributed by atoms with E-state index in [9.17, 15) is 17.6 Å². The predicted octanol–water partition coefficient (Wildman–Crippen LogP) is 1.46. The Kier molecular flexibility index (Phi) is 5.27. The number of hydrogen-bond acceptors (Lipinski definition) is 4. The van der Waals surface area contributed by atoms with E-state index in [2.05, 4.69) is 20.8 Å². The molecule has 132 valence electrons. The second-order valence-corrected chi connectivity index (χ2v) is 9.48. The number of carbonyl (C=O) groups is 1. The van der Waals surface area contributed by atoms with Gasteiger partial charge in [-0.25, -0.2) is 12.8 Å². The summed E-state index contributed by atoms with van der Waals surface area (Å²) in [6, 6.07) is 4.70. The SMILES string of the molecule is O=C(Cc1ccc(F)c(Br)c1)N1CCN(C2CCS(=O)(=O)C2)CC1. The molecule has 1 unspecified atom stereocenters. The van der Waals surface area contributed by atoms with Crippen molar-refractivity contribution >= 4 is 31.7 Å². The summed E-state index contributed by atoms with van der Waals surface area (Å²) >= 11 is 3.13. The molecule has 3 rings (SSSR count). The number of carbonyl (C=O) groups excluding carboxylic acids is 1.